The molecule has 0 fully saturated rings. The maximum atomic E-state index is 9.18. The van der Waals surface area contributed by atoms with E-state index < -0.39 is 24.2 Å². The fourth-order valence-corrected chi connectivity index (χ4v) is 7.22. The van der Waals surface area contributed by atoms with E-state index in [4.69, 9.17) is 12.6 Å². The summed E-state index contributed by atoms with van der Waals surface area (Å²) >= 11 is 0. The summed E-state index contributed by atoms with van der Waals surface area (Å²) in [6, 6.07) is 36.5. The van der Waals surface area contributed by atoms with Gasteiger partial charge in [0.05, 0.1) is 11.0 Å². The molecule has 1 nitrogen and oxygen atoms in total. The molecule has 0 aliphatic heterocycles. The number of benzene rings is 9. The fourth-order valence-electron chi connectivity index (χ4n) is 7.22. The Morgan fingerprint density at radius 3 is 1.45 bits per heavy atom. The van der Waals surface area contributed by atoms with E-state index in [9.17, 15) is 2.74 Å². The molecular formula is C46H28O. The fraction of sp³-hybridized carbons (Fsp3) is 0. The first-order chi connectivity index (χ1) is 26.7. The average Bonchev–Trinajstić information content (AvgIpc) is 3.62. The van der Waals surface area contributed by atoms with Crippen molar-refractivity contribution < 1.29 is 15.4 Å². The van der Waals surface area contributed by atoms with Crippen molar-refractivity contribution in [3.63, 3.8) is 0 Å². The van der Waals surface area contributed by atoms with Gasteiger partial charge in [-0.3, -0.25) is 0 Å². The Labute approximate surface area is 283 Å². The molecule has 10 aromatic rings. The van der Waals surface area contributed by atoms with Gasteiger partial charge >= 0.3 is 0 Å². The Bertz CT molecular complexity index is 3200. The Morgan fingerprint density at radius 2 is 0.830 bits per heavy atom. The lowest BCUT2D eigenvalue weighted by atomic mass is 9.86. The smallest absolute Gasteiger partial charge is 0.143 e. The Kier molecular flexibility index (Phi) is 4.19. The molecule has 9 aromatic carbocycles. The zero-order valence-electron chi connectivity index (χ0n) is 33.0. The molecule has 0 saturated heterocycles. The second-order valence-corrected chi connectivity index (χ2v) is 11.8. The zero-order chi connectivity index (χ0) is 37.9. The second-order valence-electron chi connectivity index (χ2n) is 11.8. The topological polar surface area (TPSA) is 13.1 Å². The van der Waals surface area contributed by atoms with Gasteiger partial charge in [0, 0.05) is 16.2 Å². The van der Waals surface area contributed by atoms with Crippen LogP contribution in [0.3, 0.4) is 0 Å². The summed E-state index contributed by atoms with van der Waals surface area (Å²) in [6.07, 6.45) is 0. The molecular weight excluding hydrogens is 569 g/mol. The maximum absolute atomic E-state index is 9.18. The van der Waals surface area contributed by atoms with E-state index in [1.807, 2.05) is 54.6 Å². The monoisotopic (exact) mass is 604 g/mol. The van der Waals surface area contributed by atoms with Gasteiger partial charge < -0.3 is 4.42 Å². The van der Waals surface area contributed by atoms with Crippen molar-refractivity contribution in [1.29, 1.82) is 0 Å². The van der Waals surface area contributed by atoms with Crippen LogP contribution in [0.1, 0.15) is 11.0 Å². The van der Waals surface area contributed by atoms with Gasteiger partial charge in [-0.1, -0.05) is 158 Å². The lowest BCUT2D eigenvalue weighted by Gasteiger charge is -2.18. The molecule has 0 spiro atoms. The molecule has 0 radical (unpaired) electrons. The van der Waals surface area contributed by atoms with Crippen molar-refractivity contribution in [3.8, 4) is 33.4 Å². The molecule has 1 heterocycles. The van der Waals surface area contributed by atoms with Crippen LogP contribution < -0.4 is 0 Å². The molecule has 0 bridgehead atoms. The van der Waals surface area contributed by atoms with Gasteiger partial charge in [0.25, 0.3) is 0 Å². The Morgan fingerprint density at radius 1 is 0.362 bits per heavy atom. The molecule has 0 atom stereocenters. The highest BCUT2D eigenvalue weighted by Crippen LogP contribution is 2.45. The minimum absolute atomic E-state index is 0.193. The van der Waals surface area contributed by atoms with Crippen LogP contribution in [0.2, 0.25) is 0 Å². The predicted molar refractivity (Wildman–Crippen MR) is 200 cm³/mol. The molecule has 47 heavy (non-hydrogen) atoms. The number of hydrogen-bond donors (Lipinski definition) is 0. The lowest BCUT2D eigenvalue weighted by Crippen LogP contribution is -1.90. The third kappa shape index (κ3) is 3.90. The van der Waals surface area contributed by atoms with Crippen LogP contribution in [0.25, 0.3) is 98.4 Å². The molecule has 0 unspecified atom stereocenters. The minimum Gasteiger partial charge on any atom is -0.455 e. The third-order valence-corrected chi connectivity index (χ3v) is 9.29. The van der Waals surface area contributed by atoms with Crippen LogP contribution in [-0.4, -0.2) is 0 Å². The number of fused-ring (bicyclic) bond motifs is 10. The van der Waals surface area contributed by atoms with E-state index in [0.717, 1.165) is 49.2 Å². The summed E-state index contributed by atoms with van der Waals surface area (Å²) in [4.78, 5) is 0. The summed E-state index contributed by atoms with van der Waals surface area (Å²) in [5, 5.41) is 7.33. The first-order valence-corrected chi connectivity index (χ1v) is 15.5. The van der Waals surface area contributed by atoms with Crippen molar-refractivity contribution in [2.24, 2.45) is 0 Å². The Hall–Kier alpha value is -6.18. The van der Waals surface area contributed by atoms with Gasteiger partial charge in [-0.25, -0.2) is 0 Å². The van der Waals surface area contributed by atoms with Crippen molar-refractivity contribution >= 4 is 65.0 Å². The van der Waals surface area contributed by atoms with E-state index in [1.54, 1.807) is 24.3 Å². The van der Waals surface area contributed by atoms with E-state index in [-0.39, 0.29) is 45.7 Å². The van der Waals surface area contributed by atoms with Crippen LogP contribution in [-0.2, 0) is 0 Å². The second kappa shape index (κ2) is 10.2. The van der Waals surface area contributed by atoms with E-state index in [0.29, 0.717) is 22.3 Å². The van der Waals surface area contributed by atoms with Crippen molar-refractivity contribution in [2.75, 3.05) is 0 Å². The van der Waals surface area contributed by atoms with Crippen molar-refractivity contribution in [2.45, 2.75) is 0 Å². The standard InChI is InChI=1S/C46H28O/c1-2-12-30(13-3-1)43-36-17-7-9-19-38(36)44(39-20-10-8-18-37(39)43)31-24-22-29(23-25-31)32-26-27-41-42(28-32)47-46-40-21-11-5-15-34(40)33-14-4-6-16-35(33)45(41)46/h1-28H/i7D,8D,9D,10D,17D,18D,19D,20D. The van der Waals surface area contributed by atoms with E-state index >= 15 is 0 Å². The van der Waals surface area contributed by atoms with Crippen LogP contribution >= 0.6 is 0 Å². The number of furan rings is 1. The van der Waals surface area contributed by atoms with Crippen molar-refractivity contribution in [1.82, 2.24) is 0 Å². The summed E-state index contributed by atoms with van der Waals surface area (Å²) in [6.45, 7) is 0. The summed E-state index contributed by atoms with van der Waals surface area (Å²) in [5.41, 5.74) is 5.16. The largest absolute Gasteiger partial charge is 0.455 e. The summed E-state index contributed by atoms with van der Waals surface area (Å²) in [5.74, 6) is 0. The van der Waals surface area contributed by atoms with Gasteiger partial charge in [-0.2, -0.15) is 0 Å². The molecule has 1 heteroatoms. The molecule has 0 amide bonds. The lowest BCUT2D eigenvalue weighted by molar-refractivity contribution is 0.673. The third-order valence-electron chi connectivity index (χ3n) is 9.29. The molecule has 1 aromatic heterocycles. The number of hydrogen-bond acceptors (Lipinski definition) is 1. The summed E-state index contributed by atoms with van der Waals surface area (Å²) in [7, 11) is 0. The minimum atomic E-state index is -0.422. The molecule has 10 rings (SSSR count). The molecule has 0 aliphatic rings. The average molecular weight is 605 g/mol. The first kappa shape index (κ1) is 19.4. The van der Waals surface area contributed by atoms with Gasteiger partial charge in [0.2, 0.25) is 0 Å². The SMILES string of the molecule is [2H]c1c([2H])c([2H])c2c(-c3ccc(-c4ccc5c(c4)oc4c6ccccc6c6ccccc6c54)cc3)c3c([2H])c([2H])c([2H])c([2H])c3c(-c3ccccc3)c2c1[2H]. The normalized spacial score (nSPS) is 14.2. The highest BCUT2D eigenvalue weighted by atomic mass is 16.3. The molecule has 0 aliphatic carbocycles. The van der Waals surface area contributed by atoms with E-state index in [2.05, 4.69) is 42.5 Å². The van der Waals surface area contributed by atoms with Crippen LogP contribution in [0.5, 0.6) is 0 Å². The van der Waals surface area contributed by atoms with Crippen molar-refractivity contribution in [3.05, 3.63) is 170 Å². The molecule has 0 saturated carbocycles. The number of rotatable bonds is 3. The maximum Gasteiger partial charge on any atom is 0.143 e. The predicted octanol–water partition coefficient (Wildman–Crippen LogP) is 13.2. The van der Waals surface area contributed by atoms with Gasteiger partial charge in [0.1, 0.15) is 11.2 Å². The van der Waals surface area contributed by atoms with Gasteiger partial charge in [-0.05, 0) is 83.2 Å². The Balaban J connectivity index is 1.23. The van der Waals surface area contributed by atoms with Gasteiger partial charge in [0.15, 0.2) is 0 Å². The van der Waals surface area contributed by atoms with E-state index in [1.165, 1.54) is 5.39 Å². The first-order valence-electron chi connectivity index (χ1n) is 19.5. The van der Waals surface area contributed by atoms with Gasteiger partial charge in [-0.15, -0.1) is 0 Å². The van der Waals surface area contributed by atoms with Crippen LogP contribution in [0.4, 0.5) is 0 Å². The summed E-state index contributed by atoms with van der Waals surface area (Å²) < 4.78 is 77.8. The quantitative estimate of drug-likeness (QED) is 0.144. The molecule has 218 valence electrons. The highest BCUT2D eigenvalue weighted by molar-refractivity contribution is 6.30. The molecule has 0 N–H and O–H groups in total. The highest BCUT2D eigenvalue weighted by Gasteiger charge is 2.18. The van der Waals surface area contributed by atoms with Crippen LogP contribution in [0, 0.1) is 0 Å². The zero-order valence-corrected chi connectivity index (χ0v) is 25.0. The van der Waals surface area contributed by atoms with Crippen LogP contribution in [0.15, 0.2) is 174 Å².